The van der Waals surface area contributed by atoms with Crippen molar-refractivity contribution in [2.45, 2.75) is 12.0 Å². The molecule has 0 spiro atoms. The predicted octanol–water partition coefficient (Wildman–Crippen LogP) is 2.05. The summed E-state index contributed by atoms with van der Waals surface area (Å²) in [6.07, 6.45) is 10.6. The van der Waals surface area contributed by atoms with Gasteiger partial charge in [0.2, 0.25) is 0 Å². The third kappa shape index (κ3) is 2.87. The molecule has 118 valence electrons. The van der Waals surface area contributed by atoms with E-state index in [1.807, 2.05) is 30.6 Å². The van der Waals surface area contributed by atoms with E-state index >= 15 is 0 Å². The highest BCUT2D eigenvalue weighted by molar-refractivity contribution is 5.80. The third-order valence-corrected chi connectivity index (χ3v) is 4.12. The Kier molecular flexibility index (Phi) is 4.20. The van der Waals surface area contributed by atoms with Gasteiger partial charge in [-0.05, 0) is 42.0 Å². The van der Waals surface area contributed by atoms with Gasteiger partial charge in [0.05, 0.1) is 30.8 Å². The number of ether oxygens (including phenoxy) is 1. The Hall–Kier alpha value is -2.55. The van der Waals surface area contributed by atoms with Gasteiger partial charge in [0.1, 0.15) is 5.75 Å². The van der Waals surface area contributed by atoms with Gasteiger partial charge < -0.3 is 20.7 Å². The first-order valence-electron chi connectivity index (χ1n) is 7.60. The van der Waals surface area contributed by atoms with E-state index in [9.17, 15) is 5.26 Å². The molecule has 0 amide bonds. The summed E-state index contributed by atoms with van der Waals surface area (Å²) < 4.78 is 5.30. The molecule has 0 aliphatic carbocycles. The maximum Gasteiger partial charge on any atom is 0.119 e. The first-order chi connectivity index (χ1) is 11.2. The maximum atomic E-state index is 9.21. The van der Waals surface area contributed by atoms with Crippen molar-refractivity contribution in [2.24, 2.45) is 5.73 Å². The van der Waals surface area contributed by atoms with Crippen molar-refractivity contribution in [3.05, 3.63) is 53.9 Å². The molecule has 2 aliphatic heterocycles. The molecular weight excluding hydrogens is 288 g/mol. The predicted molar refractivity (Wildman–Crippen MR) is 91.0 cm³/mol. The fraction of sp³-hybridized carbons (Fsp3) is 0.278. The summed E-state index contributed by atoms with van der Waals surface area (Å²) in [7, 11) is 1.66. The maximum absolute atomic E-state index is 9.21. The number of benzene rings is 1. The molecule has 1 atom stereocenters. The number of rotatable bonds is 5. The highest BCUT2D eigenvalue weighted by Gasteiger charge is 2.30. The number of nitrogens with two attached hydrogens (primary N) is 1. The molecule has 2 aliphatic rings. The van der Waals surface area contributed by atoms with E-state index in [4.69, 9.17) is 10.5 Å². The lowest BCUT2D eigenvalue weighted by Crippen LogP contribution is -2.46. The standard InChI is InChI=1S/C18H20N4O/c1-23-15-2-3-16-14(12-15)4-10-22-11-6-18(5-7-19,13-17(16)22)21-9-8-20/h2-4,6,10-13,21H,5,8-9,20H2,1H3. The molecule has 5 nitrogen and oxygen atoms in total. The van der Waals surface area contributed by atoms with Gasteiger partial charge in [-0.15, -0.1) is 0 Å². The molecule has 5 heteroatoms. The summed E-state index contributed by atoms with van der Waals surface area (Å²) in [5.74, 6) is 0.832. The van der Waals surface area contributed by atoms with Gasteiger partial charge in [-0.25, -0.2) is 0 Å². The second-order valence-corrected chi connectivity index (χ2v) is 5.61. The second kappa shape index (κ2) is 6.29. The molecule has 3 rings (SSSR count). The quantitative estimate of drug-likeness (QED) is 0.871. The van der Waals surface area contributed by atoms with Crippen molar-refractivity contribution < 1.29 is 4.74 Å². The average Bonchev–Trinajstić information content (AvgIpc) is 2.59. The highest BCUT2D eigenvalue weighted by atomic mass is 16.5. The first-order valence-corrected chi connectivity index (χ1v) is 7.60. The van der Waals surface area contributed by atoms with E-state index in [0.717, 1.165) is 22.6 Å². The Morgan fingerprint density at radius 1 is 1.39 bits per heavy atom. The van der Waals surface area contributed by atoms with E-state index in [-0.39, 0.29) is 0 Å². The molecule has 1 aromatic rings. The lowest BCUT2D eigenvalue weighted by Gasteiger charge is -2.36. The number of hydrogen-bond donors (Lipinski definition) is 2. The van der Waals surface area contributed by atoms with Gasteiger partial charge in [-0.3, -0.25) is 0 Å². The minimum atomic E-state index is -0.484. The Labute approximate surface area is 136 Å². The van der Waals surface area contributed by atoms with Crippen LogP contribution in [0.25, 0.3) is 11.8 Å². The molecule has 1 unspecified atom stereocenters. The monoisotopic (exact) mass is 308 g/mol. The van der Waals surface area contributed by atoms with Gasteiger partial charge in [0.15, 0.2) is 0 Å². The summed E-state index contributed by atoms with van der Waals surface area (Å²) in [4.78, 5) is 2.06. The molecule has 0 aromatic heterocycles. The van der Waals surface area contributed by atoms with Crippen LogP contribution < -0.4 is 15.8 Å². The van der Waals surface area contributed by atoms with Crippen molar-refractivity contribution >= 4 is 11.8 Å². The van der Waals surface area contributed by atoms with Crippen LogP contribution in [0.4, 0.5) is 0 Å². The number of nitrogens with zero attached hydrogens (tertiary/aromatic N) is 2. The molecule has 0 bridgehead atoms. The van der Waals surface area contributed by atoms with Crippen LogP contribution >= 0.6 is 0 Å². The van der Waals surface area contributed by atoms with E-state index in [0.29, 0.717) is 19.5 Å². The molecular formula is C18H20N4O. The minimum Gasteiger partial charge on any atom is -0.497 e. The van der Waals surface area contributed by atoms with Crippen molar-refractivity contribution in [3.63, 3.8) is 0 Å². The lowest BCUT2D eigenvalue weighted by atomic mass is 9.88. The Morgan fingerprint density at radius 2 is 2.26 bits per heavy atom. The minimum absolute atomic E-state index is 0.357. The summed E-state index contributed by atoms with van der Waals surface area (Å²) in [6.45, 7) is 1.18. The Balaban J connectivity index is 2.03. The summed E-state index contributed by atoms with van der Waals surface area (Å²) in [5.41, 5.74) is 8.42. The number of hydrogen-bond acceptors (Lipinski definition) is 5. The fourth-order valence-corrected chi connectivity index (χ4v) is 2.92. The SMILES string of the molecule is COc1ccc2c(c1)C=CN1C=CC(CC#N)(NCCN)C=C21. The smallest absolute Gasteiger partial charge is 0.119 e. The van der Waals surface area contributed by atoms with Crippen LogP contribution in [0.1, 0.15) is 17.5 Å². The van der Waals surface area contributed by atoms with E-state index in [1.54, 1.807) is 7.11 Å². The molecule has 0 saturated heterocycles. The number of nitriles is 1. The zero-order chi connectivity index (χ0) is 16.3. The topological polar surface area (TPSA) is 74.3 Å². The van der Waals surface area contributed by atoms with E-state index < -0.39 is 5.54 Å². The molecule has 23 heavy (non-hydrogen) atoms. The van der Waals surface area contributed by atoms with Gasteiger partial charge >= 0.3 is 0 Å². The number of methoxy groups -OCH3 is 1. The highest BCUT2D eigenvalue weighted by Crippen LogP contribution is 2.36. The zero-order valence-corrected chi connectivity index (χ0v) is 13.1. The summed E-state index contributed by atoms with van der Waals surface area (Å²) in [6, 6.07) is 8.29. The van der Waals surface area contributed by atoms with E-state index in [1.165, 1.54) is 0 Å². The molecule has 0 saturated carbocycles. The number of fused-ring (bicyclic) bond motifs is 3. The molecule has 3 N–H and O–H groups in total. The lowest BCUT2D eigenvalue weighted by molar-refractivity contribution is 0.414. The van der Waals surface area contributed by atoms with Crippen molar-refractivity contribution in [1.82, 2.24) is 10.2 Å². The fourth-order valence-electron chi connectivity index (χ4n) is 2.92. The summed E-state index contributed by atoms with van der Waals surface area (Å²) >= 11 is 0. The zero-order valence-electron chi connectivity index (χ0n) is 13.1. The van der Waals surface area contributed by atoms with Crippen LogP contribution in [0.5, 0.6) is 5.75 Å². The van der Waals surface area contributed by atoms with E-state index in [2.05, 4.69) is 34.5 Å². The van der Waals surface area contributed by atoms with Crippen LogP contribution in [-0.4, -0.2) is 30.6 Å². The van der Waals surface area contributed by atoms with Crippen LogP contribution in [-0.2, 0) is 0 Å². The average molecular weight is 308 g/mol. The van der Waals surface area contributed by atoms with Crippen LogP contribution in [0.15, 0.2) is 42.8 Å². The Bertz CT molecular complexity index is 729. The van der Waals surface area contributed by atoms with Crippen LogP contribution in [0, 0.1) is 11.3 Å². The van der Waals surface area contributed by atoms with Gasteiger partial charge in [-0.2, -0.15) is 5.26 Å². The van der Waals surface area contributed by atoms with Crippen LogP contribution in [0.3, 0.4) is 0 Å². The second-order valence-electron chi connectivity index (χ2n) is 5.61. The number of nitrogens with one attached hydrogen (secondary N) is 1. The largest absolute Gasteiger partial charge is 0.497 e. The van der Waals surface area contributed by atoms with Crippen LogP contribution in [0.2, 0.25) is 0 Å². The van der Waals surface area contributed by atoms with Gasteiger partial charge in [-0.1, -0.05) is 0 Å². The van der Waals surface area contributed by atoms with Crippen molar-refractivity contribution in [1.29, 1.82) is 5.26 Å². The molecule has 0 fully saturated rings. The van der Waals surface area contributed by atoms with Crippen molar-refractivity contribution in [3.8, 4) is 11.8 Å². The van der Waals surface area contributed by atoms with Gasteiger partial charge in [0, 0.05) is 31.1 Å². The van der Waals surface area contributed by atoms with Crippen molar-refractivity contribution in [2.75, 3.05) is 20.2 Å². The molecule has 2 heterocycles. The third-order valence-electron chi connectivity index (χ3n) is 4.12. The summed E-state index contributed by atoms with van der Waals surface area (Å²) in [5, 5.41) is 12.6. The molecule has 0 radical (unpaired) electrons. The normalized spacial score (nSPS) is 21.3. The first kappa shape index (κ1) is 15.3. The Morgan fingerprint density at radius 3 is 3.00 bits per heavy atom. The molecule has 1 aromatic carbocycles. The van der Waals surface area contributed by atoms with Gasteiger partial charge in [0.25, 0.3) is 0 Å².